The molecule has 0 aliphatic rings. The Kier molecular flexibility index (Phi) is 19.3. The van der Waals surface area contributed by atoms with Gasteiger partial charge < -0.3 is 57.5 Å². The first-order valence-electron chi connectivity index (χ1n) is 19.9. The number of unbranched alkanes of at least 4 members (excludes halogenated alkanes) is 4. The first-order valence-corrected chi connectivity index (χ1v) is 19.9. The van der Waals surface area contributed by atoms with E-state index in [1.54, 1.807) is 0 Å². The number of hydrogen-bond acceptors (Lipinski definition) is 12. The molecule has 18 nitrogen and oxygen atoms in total. The quantitative estimate of drug-likeness (QED) is 0.0394. The second-order valence-corrected chi connectivity index (χ2v) is 14.1. The van der Waals surface area contributed by atoms with Crippen LogP contribution >= 0.6 is 0 Å². The topological polar surface area (TPSA) is 296 Å². The van der Waals surface area contributed by atoms with E-state index in [0.29, 0.717) is 6.42 Å². The van der Waals surface area contributed by atoms with Crippen LogP contribution in [0.3, 0.4) is 0 Å². The molecule has 3 rings (SSSR count). The molecule has 11 N–H and O–H groups in total. The van der Waals surface area contributed by atoms with Crippen LogP contribution in [0.1, 0.15) is 99.9 Å². The third kappa shape index (κ3) is 14.9. The molecular formula is C44H54N6O12. The highest BCUT2D eigenvalue weighted by molar-refractivity contribution is 6.05. The number of carbonyl (C=O) groups is 7. The summed E-state index contributed by atoms with van der Waals surface area (Å²) in [6.45, 7) is 6.35. The van der Waals surface area contributed by atoms with Gasteiger partial charge >= 0.3 is 11.9 Å². The van der Waals surface area contributed by atoms with Crippen LogP contribution in [0.4, 0.5) is 5.69 Å². The van der Waals surface area contributed by atoms with Gasteiger partial charge in [0.2, 0.25) is 11.8 Å². The Hall–Kier alpha value is -7.05. The SMILES string of the molecule is CC=C(NC(=O)CCCCCCC)C(=O)NC(=CC)C(=O)NC(C(=O)NC(C(=O)Nc1ccc(C(=O)OC(C)C(N)C(=O)O)cc1)c1ccc(O)cc1)C(O)c1ccc(O)cc1. The lowest BCUT2D eigenvalue weighted by atomic mass is 9.99. The first kappa shape index (κ1) is 49.3. The van der Waals surface area contributed by atoms with Crippen molar-refractivity contribution in [3.8, 4) is 11.5 Å². The average molecular weight is 859 g/mol. The van der Waals surface area contributed by atoms with E-state index in [2.05, 4.69) is 33.5 Å². The van der Waals surface area contributed by atoms with Crippen LogP contribution in [0.2, 0.25) is 0 Å². The number of carboxylic acid groups (broad SMARTS) is 1. The number of rotatable bonds is 22. The lowest BCUT2D eigenvalue weighted by molar-refractivity contribution is -0.141. The normalized spacial score (nSPS) is 13.9. The number of aromatic hydroxyl groups is 2. The summed E-state index contributed by atoms with van der Waals surface area (Å²) < 4.78 is 5.12. The third-order valence-corrected chi connectivity index (χ3v) is 9.46. The molecule has 5 unspecified atom stereocenters. The second kappa shape index (κ2) is 24.3. The van der Waals surface area contributed by atoms with Gasteiger partial charge in [0.25, 0.3) is 17.7 Å². The number of amides is 5. The monoisotopic (exact) mass is 858 g/mol. The Morgan fingerprint density at radius 3 is 1.81 bits per heavy atom. The van der Waals surface area contributed by atoms with Gasteiger partial charge in [0.15, 0.2) is 0 Å². The summed E-state index contributed by atoms with van der Waals surface area (Å²) in [5.74, 6) is -6.71. The molecule has 0 aliphatic heterocycles. The minimum absolute atomic E-state index is 0.00849. The smallest absolute Gasteiger partial charge is 0.338 e. The molecule has 0 spiro atoms. The number of phenolic OH excluding ortho intramolecular Hbond substituents is 2. The Balaban J connectivity index is 1.86. The molecule has 0 bridgehead atoms. The van der Waals surface area contributed by atoms with Gasteiger partial charge in [0.05, 0.1) is 5.56 Å². The zero-order valence-corrected chi connectivity index (χ0v) is 34.8. The highest BCUT2D eigenvalue weighted by Gasteiger charge is 2.34. The number of benzene rings is 3. The standard InChI is InChI=1S/C44H54N6O12/c1-5-8-9-10-11-12-34(53)47-32(6-2)39(55)48-33(7-3)40(56)50-37(38(54)27-17-23-31(52)24-18-27)42(58)49-36(26-15-21-30(51)22-16-26)41(57)46-29-19-13-28(14-20-29)44(61)62-25(4)35(45)43(59)60/h6-7,13-25,35-38,51-52,54H,5,8-12,45H2,1-4H3,(H,46,57)(H,47,53)(H,48,55)(H,49,58)(H,50,56)(H,59,60). The van der Waals surface area contributed by atoms with E-state index in [-0.39, 0.29) is 57.6 Å². The number of anilines is 1. The van der Waals surface area contributed by atoms with Gasteiger partial charge in [-0.05, 0) is 86.8 Å². The van der Waals surface area contributed by atoms with E-state index in [0.717, 1.165) is 25.7 Å². The van der Waals surface area contributed by atoms with Gasteiger partial charge in [-0.1, -0.05) is 69.0 Å². The molecule has 0 aromatic heterocycles. The molecule has 0 heterocycles. The maximum atomic E-state index is 14.2. The number of nitrogens with two attached hydrogens (primary N) is 1. The molecule has 0 aliphatic carbocycles. The van der Waals surface area contributed by atoms with Crippen molar-refractivity contribution in [3.63, 3.8) is 0 Å². The average Bonchev–Trinajstić information content (AvgIpc) is 3.25. The summed E-state index contributed by atoms with van der Waals surface area (Å²) in [5.41, 5.74) is 5.43. The van der Waals surface area contributed by atoms with Gasteiger partial charge in [0, 0.05) is 12.1 Å². The van der Waals surface area contributed by atoms with Crippen molar-refractivity contribution in [1.29, 1.82) is 0 Å². The molecule has 3 aromatic carbocycles. The fraction of sp³-hybridized carbons (Fsp3) is 0.341. The van der Waals surface area contributed by atoms with Crippen LogP contribution < -0.4 is 32.3 Å². The fourth-order valence-electron chi connectivity index (χ4n) is 5.80. The molecule has 18 heteroatoms. The zero-order valence-electron chi connectivity index (χ0n) is 34.8. The summed E-state index contributed by atoms with van der Waals surface area (Å²) >= 11 is 0. The van der Waals surface area contributed by atoms with Crippen molar-refractivity contribution in [2.75, 3.05) is 5.32 Å². The summed E-state index contributed by atoms with van der Waals surface area (Å²) in [6.07, 6.45) is 4.42. The van der Waals surface area contributed by atoms with Crippen LogP contribution in [0.25, 0.3) is 0 Å². The van der Waals surface area contributed by atoms with Crippen LogP contribution in [0.15, 0.2) is 96.3 Å². The van der Waals surface area contributed by atoms with E-state index in [1.807, 2.05) is 0 Å². The molecule has 0 fully saturated rings. The maximum Gasteiger partial charge on any atom is 0.338 e. The van der Waals surface area contributed by atoms with Crippen LogP contribution in [0.5, 0.6) is 11.5 Å². The predicted molar refractivity (Wildman–Crippen MR) is 227 cm³/mol. The summed E-state index contributed by atoms with van der Waals surface area (Å²) in [5, 5.41) is 52.9. The molecular weight excluding hydrogens is 805 g/mol. The number of aliphatic carboxylic acids is 1. The van der Waals surface area contributed by atoms with Crippen molar-refractivity contribution >= 4 is 47.2 Å². The van der Waals surface area contributed by atoms with Crippen molar-refractivity contribution < 1.29 is 58.7 Å². The van der Waals surface area contributed by atoms with Gasteiger partial charge in [-0.2, -0.15) is 0 Å². The predicted octanol–water partition coefficient (Wildman–Crippen LogP) is 3.47. The lowest BCUT2D eigenvalue weighted by Crippen LogP contribution is -2.53. The third-order valence-electron chi connectivity index (χ3n) is 9.46. The van der Waals surface area contributed by atoms with Crippen LogP contribution in [0, 0.1) is 0 Å². The number of ether oxygens (including phenoxy) is 1. The summed E-state index contributed by atoms with van der Waals surface area (Å²) in [6, 6.07) is 10.8. The van der Waals surface area contributed by atoms with E-state index in [1.165, 1.54) is 106 Å². The van der Waals surface area contributed by atoms with Crippen LogP contribution in [-0.2, 0) is 33.5 Å². The highest BCUT2D eigenvalue weighted by atomic mass is 16.5. The number of carboxylic acids is 1. The van der Waals surface area contributed by atoms with Gasteiger partial charge in [-0.25, -0.2) is 4.79 Å². The molecule has 332 valence electrons. The summed E-state index contributed by atoms with van der Waals surface area (Å²) in [7, 11) is 0. The molecule has 3 aromatic rings. The number of esters is 1. The van der Waals surface area contributed by atoms with E-state index in [9.17, 15) is 48.9 Å². The number of allylic oxidation sites excluding steroid dienone is 2. The Morgan fingerprint density at radius 1 is 0.710 bits per heavy atom. The minimum Gasteiger partial charge on any atom is -0.508 e. The molecule has 0 saturated heterocycles. The number of aliphatic hydroxyl groups is 1. The van der Waals surface area contributed by atoms with Gasteiger partial charge in [-0.3, -0.25) is 28.8 Å². The Labute approximate surface area is 358 Å². The number of phenols is 2. The molecule has 0 saturated carbocycles. The fourth-order valence-corrected chi connectivity index (χ4v) is 5.80. The Bertz CT molecular complexity index is 2100. The molecule has 62 heavy (non-hydrogen) atoms. The molecule has 5 atom stereocenters. The zero-order chi connectivity index (χ0) is 45.9. The lowest BCUT2D eigenvalue weighted by Gasteiger charge is -2.27. The van der Waals surface area contributed by atoms with Crippen molar-refractivity contribution in [2.45, 2.75) is 96.6 Å². The molecule has 5 amide bonds. The second-order valence-electron chi connectivity index (χ2n) is 14.1. The largest absolute Gasteiger partial charge is 0.508 e. The summed E-state index contributed by atoms with van der Waals surface area (Å²) in [4.78, 5) is 91.3. The van der Waals surface area contributed by atoms with Gasteiger partial charge in [0.1, 0.15) is 53.2 Å². The molecule has 0 radical (unpaired) electrons. The highest BCUT2D eigenvalue weighted by Crippen LogP contribution is 2.24. The number of carbonyl (C=O) groups excluding carboxylic acids is 6. The van der Waals surface area contributed by atoms with E-state index >= 15 is 0 Å². The minimum atomic E-state index is -1.85. The van der Waals surface area contributed by atoms with Crippen molar-refractivity contribution in [3.05, 3.63) is 113 Å². The van der Waals surface area contributed by atoms with E-state index < -0.39 is 65.9 Å². The van der Waals surface area contributed by atoms with Gasteiger partial charge in [-0.15, -0.1) is 0 Å². The number of aliphatic hydroxyl groups excluding tert-OH is 1. The van der Waals surface area contributed by atoms with Crippen molar-refractivity contribution in [1.82, 2.24) is 21.3 Å². The first-order chi connectivity index (χ1) is 29.5. The van der Waals surface area contributed by atoms with Crippen LogP contribution in [-0.4, -0.2) is 80.1 Å². The maximum absolute atomic E-state index is 14.2. The Morgan fingerprint density at radius 2 is 1.26 bits per heavy atom. The van der Waals surface area contributed by atoms with E-state index in [4.69, 9.17) is 15.6 Å². The number of hydrogen-bond donors (Lipinski definition) is 10. The van der Waals surface area contributed by atoms with Crippen molar-refractivity contribution in [2.24, 2.45) is 5.73 Å². The number of nitrogens with one attached hydrogen (secondary N) is 5.